The van der Waals surface area contributed by atoms with Crippen LogP contribution in [0, 0.1) is 23.0 Å². The summed E-state index contributed by atoms with van der Waals surface area (Å²) in [6.45, 7) is 1.64. The summed E-state index contributed by atoms with van der Waals surface area (Å²) in [6.07, 6.45) is 3.93. The molecule has 2 rings (SSSR count). The lowest BCUT2D eigenvalue weighted by atomic mass is 10.1. The van der Waals surface area contributed by atoms with Crippen LogP contribution >= 0.6 is 12.2 Å². The van der Waals surface area contributed by atoms with Gasteiger partial charge in [0.1, 0.15) is 0 Å². The van der Waals surface area contributed by atoms with Crippen molar-refractivity contribution in [3.05, 3.63) is 33.9 Å². The lowest BCUT2D eigenvalue weighted by Crippen LogP contribution is -2.37. The highest BCUT2D eigenvalue weighted by molar-refractivity contribution is 7.80. The average Bonchev–Trinajstić information content (AvgIpc) is 2.94. The van der Waals surface area contributed by atoms with E-state index < -0.39 is 4.92 Å². The SMILES string of the molecule is Cc1c(NC(=S)NC(=O)C2CCCC2)cccc1[N+](=O)[O-]. The van der Waals surface area contributed by atoms with E-state index in [2.05, 4.69) is 10.6 Å². The molecule has 1 amide bonds. The van der Waals surface area contributed by atoms with Gasteiger partial charge in [-0.15, -0.1) is 0 Å². The van der Waals surface area contributed by atoms with E-state index in [1.165, 1.54) is 6.07 Å². The van der Waals surface area contributed by atoms with Crippen molar-refractivity contribution < 1.29 is 9.72 Å². The predicted molar refractivity (Wildman–Crippen MR) is 84.2 cm³/mol. The first-order valence-electron chi connectivity index (χ1n) is 6.85. The zero-order chi connectivity index (χ0) is 15.4. The third-order valence-corrected chi connectivity index (χ3v) is 3.92. The summed E-state index contributed by atoms with van der Waals surface area (Å²) in [5, 5.41) is 16.6. The van der Waals surface area contributed by atoms with Gasteiger partial charge in [0.2, 0.25) is 5.91 Å². The number of nitrogens with zero attached hydrogens (tertiary/aromatic N) is 1. The fourth-order valence-corrected chi connectivity index (χ4v) is 2.72. The quantitative estimate of drug-likeness (QED) is 0.509. The molecule has 0 unspecified atom stereocenters. The van der Waals surface area contributed by atoms with Crippen LogP contribution in [0.15, 0.2) is 18.2 Å². The maximum atomic E-state index is 12.0. The molecular weight excluding hydrogens is 290 g/mol. The minimum atomic E-state index is -0.444. The average molecular weight is 307 g/mol. The number of carbonyl (C=O) groups excluding carboxylic acids is 1. The largest absolute Gasteiger partial charge is 0.332 e. The van der Waals surface area contributed by atoms with Gasteiger partial charge in [-0.2, -0.15) is 0 Å². The zero-order valence-corrected chi connectivity index (χ0v) is 12.5. The van der Waals surface area contributed by atoms with E-state index in [4.69, 9.17) is 12.2 Å². The lowest BCUT2D eigenvalue weighted by Gasteiger charge is -2.14. The number of benzene rings is 1. The molecule has 1 aromatic rings. The van der Waals surface area contributed by atoms with Crippen LogP contribution in [-0.2, 0) is 4.79 Å². The molecule has 2 N–H and O–H groups in total. The number of nitro benzene ring substituents is 1. The summed E-state index contributed by atoms with van der Waals surface area (Å²) < 4.78 is 0. The summed E-state index contributed by atoms with van der Waals surface area (Å²) in [5.74, 6) is -0.0518. The van der Waals surface area contributed by atoms with E-state index >= 15 is 0 Å². The highest BCUT2D eigenvalue weighted by atomic mass is 32.1. The van der Waals surface area contributed by atoms with E-state index in [-0.39, 0.29) is 22.6 Å². The van der Waals surface area contributed by atoms with E-state index in [1.807, 2.05) is 0 Å². The first-order valence-corrected chi connectivity index (χ1v) is 7.25. The monoisotopic (exact) mass is 307 g/mol. The molecule has 0 aromatic heterocycles. The van der Waals surface area contributed by atoms with Gasteiger partial charge in [0.05, 0.1) is 16.2 Å². The summed E-state index contributed by atoms with van der Waals surface area (Å²) in [5.41, 5.74) is 1.03. The Bertz CT molecular complexity index is 583. The fourth-order valence-electron chi connectivity index (χ4n) is 2.51. The van der Waals surface area contributed by atoms with Crippen molar-refractivity contribution in [2.75, 3.05) is 5.32 Å². The van der Waals surface area contributed by atoms with Crippen LogP contribution in [-0.4, -0.2) is 15.9 Å². The number of hydrogen-bond donors (Lipinski definition) is 2. The van der Waals surface area contributed by atoms with E-state index in [1.54, 1.807) is 19.1 Å². The van der Waals surface area contributed by atoms with E-state index in [9.17, 15) is 14.9 Å². The Morgan fingerprint density at radius 1 is 1.38 bits per heavy atom. The molecule has 0 radical (unpaired) electrons. The number of hydrogen-bond acceptors (Lipinski definition) is 4. The van der Waals surface area contributed by atoms with E-state index in [0.717, 1.165) is 25.7 Å². The van der Waals surface area contributed by atoms with Crippen molar-refractivity contribution in [2.45, 2.75) is 32.6 Å². The third kappa shape index (κ3) is 3.75. The molecule has 0 aliphatic heterocycles. The van der Waals surface area contributed by atoms with Gasteiger partial charge < -0.3 is 10.6 Å². The number of anilines is 1. The predicted octanol–water partition coefficient (Wildman–Crippen LogP) is 2.91. The van der Waals surface area contributed by atoms with Crippen LogP contribution in [0.3, 0.4) is 0 Å². The second-order valence-electron chi connectivity index (χ2n) is 5.13. The molecule has 0 atom stereocenters. The van der Waals surface area contributed by atoms with Crippen molar-refractivity contribution in [2.24, 2.45) is 5.92 Å². The maximum absolute atomic E-state index is 12.0. The molecule has 0 spiro atoms. The summed E-state index contributed by atoms with van der Waals surface area (Å²) in [7, 11) is 0. The molecule has 1 aliphatic carbocycles. The van der Waals surface area contributed by atoms with Crippen LogP contribution in [0.2, 0.25) is 0 Å². The van der Waals surface area contributed by atoms with Gasteiger partial charge in [-0.25, -0.2) is 0 Å². The molecular formula is C14H17N3O3S. The first kappa shape index (κ1) is 15.4. The number of rotatable bonds is 3. The minimum absolute atomic E-state index is 0.0184. The summed E-state index contributed by atoms with van der Waals surface area (Å²) in [6, 6.07) is 4.70. The molecule has 6 nitrogen and oxygen atoms in total. The van der Waals surface area contributed by atoms with Crippen molar-refractivity contribution >= 4 is 34.6 Å². The second-order valence-corrected chi connectivity index (χ2v) is 5.54. The van der Waals surface area contributed by atoms with Gasteiger partial charge in [-0.3, -0.25) is 14.9 Å². The Labute approximate surface area is 128 Å². The van der Waals surface area contributed by atoms with E-state index in [0.29, 0.717) is 11.3 Å². The molecule has 1 aromatic carbocycles. The van der Waals surface area contributed by atoms with Crippen LogP contribution in [0.1, 0.15) is 31.2 Å². The number of nitro groups is 1. The Morgan fingerprint density at radius 3 is 2.67 bits per heavy atom. The fraction of sp³-hybridized carbons (Fsp3) is 0.429. The van der Waals surface area contributed by atoms with Gasteiger partial charge >= 0.3 is 0 Å². The van der Waals surface area contributed by atoms with Crippen LogP contribution in [0.4, 0.5) is 11.4 Å². The van der Waals surface area contributed by atoms with Gasteiger partial charge in [0.25, 0.3) is 5.69 Å². The van der Waals surface area contributed by atoms with Gasteiger partial charge in [0.15, 0.2) is 5.11 Å². The highest BCUT2D eigenvalue weighted by Gasteiger charge is 2.23. The number of carbonyl (C=O) groups is 1. The lowest BCUT2D eigenvalue weighted by molar-refractivity contribution is -0.385. The van der Waals surface area contributed by atoms with Crippen LogP contribution < -0.4 is 10.6 Å². The van der Waals surface area contributed by atoms with Crippen molar-refractivity contribution in [1.29, 1.82) is 0 Å². The van der Waals surface area contributed by atoms with Crippen molar-refractivity contribution in [1.82, 2.24) is 5.32 Å². The minimum Gasteiger partial charge on any atom is -0.332 e. The zero-order valence-electron chi connectivity index (χ0n) is 11.7. The summed E-state index contributed by atoms with van der Waals surface area (Å²) >= 11 is 5.10. The van der Waals surface area contributed by atoms with Crippen molar-refractivity contribution in [3.8, 4) is 0 Å². The second kappa shape index (κ2) is 6.62. The molecule has 21 heavy (non-hydrogen) atoms. The maximum Gasteiger partial charge on any atom is 0.274 e. The van der Waals surface area contributed by atoms with Gasteiger partial charge in [-0.05, 0) is 38.0 Å². The number of nitrogens with one attached hydrogen (secondary N) is 2. The molecule has 0 heterocycles. The Kier molecular flexibility index (Phi) is 4.85. The molecule has 7 heteroatoms. The van der Waals surface area contributed by atoms with Crippen LogP contribution in [0.5, 0.6) is 0 Å². The molecule has 1 aliphatic rings. The third-order valence-electron chi connectivity index (χ3n) is 3.71. The molecule has 112 valence electrons. The molecule has 1 fully saturated rings. The topological polar surface area (TPSA) is 84.3 Å². The van der Waals surface area contributed by atoms with Gasteiger partial charge in [-0.1, -0.05) is 18.9 Å². The summed E-state index contributed by atoms with van der Waals surface area (Å²) in [4.78, 5) is 22.4. The normalized spacial score (nSPS) is 14.7. The van der Waals surface area contributed by atoms with Crippen LogP contribution in [0.25, 0.3) is 0 Å². The highest BCUT2D eigenvalue weighted by Crippen LogP contribution is 2.26. The standard InChI is InChI=1S/C14H17N3O3S/c1-9-11(7-4-8-12(9)17(19)20)15-14(21)16-13(18)10-5-2-3-6-10/h4,7-8,10H,2-3,5-6H2,1H3,(H2,15,16,18,21). The first-order chi connectivity index (χ1) is 9.99. The number of thiocarbonyl (C=S) groups is 1. The number of amides is 1. The Morgan fingerprint density at radius 2 is 2.05 bits per heavy atom. The molecule has 0 bridgehead atoms. The molecule has 0 saturated heterocycles. The van der Waals surface area contributed by atoms with Crippen molar-refractivity contribution in [3.63, 3.8) is 0 Å². The Balaban J connectivity index is 2.01. The Hall–Kier alpha value is -2.02. The molecule has 1 saturated carbocycles. The van der Waals surface area contributed by atoms with Gasteiger partial charge in [0, 0.05) is 12.0 Å². The smallest absolute Gasteiger partial charge is 0.274 e.